The quantitative estimate of drug-likeness (QED) is 0.596. The van der Waals surface area contributed by atoms with Crippen LogP contribution in [0.15, 0.2) is 6.07 Å². The van der Waals surface area contributed by atoms with Gasteiger partial charge in [-0.2, -0.15) is 5.10 Å². The maximum absolute atomic E-state index is 12.4. The van der Waals surface area contributed by atoms with Gasteiger partial charge in [0.15, 0.2) is 5.78 Å². The van der Waals surface area contributed by atoms with E-state index in [1.165, 1.54) is 0 Å². The summed E-state index contributed by atoms with van der Waals surface area (Å²) in [6, 6.07) is 1.76. The molecule has 1 aromatic heterocycles. The summed E-state index contributed by atoms with van der Waals surface area (Å²) in [6.07, 6.45) is 2.02. The normalized spacial score (nSPS) is 23.1. The summed E-state index contributed by atoms with van der Waals surface area (Å²) in [7, 11) is 1.80. The first kappa shape index (κ1) is 13.0. The van der Waals surface area contributed by atoms with Crippen LogP contribution >= 0.6 is 0 Å². The van der Waals surface area contributed by atoms with Gasteiger partial charge in [-0.05, 0) is 31.2 Å². The first-order valence-electron chi connectivity index (χ1n) is 6.38. The van der Waals surface area contributed by atoms with E-state index >= 15 is 0 Å². The SMILES string of the molecule is Cc1cc(C(=O)C2CC(C)(C)CCC2=O)nn1C. The molecule has 0 N–H and O–H groups in total. The summed E-state index contributed by atoms with van der Waals surface area (Å²) in [5.41, 5.74) is 1.42. The molecule has 18 heavy (non-hydrogen) atoms. The third-order valence-corrected chi connectivity index (χ3v) is 3.88. The lowest BCUT2D eigenvalue weighted by molar-refractivity contribution is -0.125. The van der Waals surface area contributed by atoms with Gasteiger partial charge in [-0.3, -0.25) is 14.3 Å². The number of hydrogen-bond donors (Lipinski definition) is 0. The molecule has 1 heterocycles. The highest BCUT2D eigenvalue weighted by atomic mass is 16.2. The Kier molecular flexibility index (Phi) is 3.13. The van der Waals surface area contributed by atoms with Crippen LogP contribution in [0.3, 0.4) is 0 Å². The van der Waals surface area contributed by atoms with Crippen molar-refractivity contribution in [3.8, 4) is 0 Å². The molecular weight excluding hydrogens is 228 g/mol. The Balaban J connectivity index is 2.24. The van der Waals surface area contributed by atoms with Gasteiger partial charge in [0.25, 0.3) is 0 Å². The molecule has 1 atom stereocenters. The Morgan fingerprint density at radius 3 is 2.72 bits per heavy atom. The molecule has 98 valence electrons. The Labute approximate surface area is 107 Å². The second-order valence-electron chi connectivity index (χ2n) is 6.05. The summed E-state index contributed by atoms with van der Waals surface area (Å²) in [5, 5.41) is 4.18. The number of aromatic nitrogens is 2. The van der Waals surface area contributed by atoms with Crippen LogP contribution in [0.1, 0.15) is 49.3 Å². The fraction of sp³-hybridized carbons (Fsp3) is 0.643. The highest BCUT2D eigenvalue weighted by molar-refractivity contribution is 6.10. The second kappa shape index (κ2) is 4.34. The van der Waals surface area contributed by atoms with E-state index in [1.54, 1.807) is 17.8 Å². The van der Waals surface area contributed by atoms with Crippen LogP contribution in [0.2, 0.25) is 0 Å². The molecule has 0 amide bonds. The Hall–Kier alpha value is -1.45. The average molecular weight is 248 g/mol. The van der Waals surface area contributed by atoms with E-state index in [9.17, 15) is 9.59 Å². The van der Waals surface area contributed by atoms with Crippen molar-refractivity contribution in [1.29, 1.82) is 0 Å². The molecule has 0 bridgehead atoms. The van der Waals surface area contributed by atoms with E-state index < -0.39 is 5.92 Å². The summed E-state index contributed by atoms with van der Waals surface area (Å²) in [4.78, 5) is 24.3. The highest BCUT2D eigenvalue weighted by Gasteiger charge is 2.38. The fourth-order valence-corrected chi connectivity index (χ4v) is 2.50. The number of hydrogen-bond acceptors (Lipinski definition) is 3. The van der Waals surface area contributed by atoms with Crippen molar-refractivity contribution in [3.63, 3.8) is 0 Å². The molecule has 0 aromatic carbocycles. The van der Waals surface area contributed by atoms with Crippen molar-refractivity contribution in [3.05, 3.63) is 17.5 Å². The first-order chi connectivity index (χ1) is 8.30. The standard InChI is InChI=1S/C14H20N2O2/c1-9-7-11(15-16(9)4)13(18)10-8-14(2,3)6-5-12(10)17/h7,10H,5-6,8H2,1-4H3. The van der Waals surface area contributed by atoms with Crippen LogP contribution in [0.25, 0.3) is 0 Å². The van der Waals surface area contributed by atoms with E-state index in [4.69, 9.17) is 0 Å². The number of ketones is 2. The van der Waals surface area contributed by atoms with Gasteiger partial charge in [0.05, 0.1) is 5.92 Å². The van der Waals surface area contributed by atoms with Crippen molar-refractivity contribution in [2.24, 2.45) is 18.4 Å². The van der Waals surface area contributed by atoms with E-state index in [1.807, 2.05) is 6.92 Å². The number of rotatable bonds is 2. The second-order valence-corrected chi connectivity index (χ2v) is 6.05. The van der Waals surface area contributed by atoms with E-state index in [0.29, 0.717) is 18.5 Å². The zero-order chi connectivity index (χ0) is 13.5. The van der Waals surface area contributed by atoms with Crippen LogP contribution in [-0.2, 0) is 11.8 Å². The van der Waals surface area contributed by atoms with Gasteiger partial charge < -0.3 is 0 Å². The largest absolute Gasteiger partial charge is 0.299 e. The first-order valence-corrected chi connectivity index (χ1v) is 6.38. The molecule has 0 saturated heterocycles. The summed E-state index contributed by atoms with van der Waals surface area (Å²) in [6.45, 7) is 6.13. The molecule has 4 nitrogen and oxygen atoms in total. The minimum Gasteiger partial charge on any atom is -0.299 e. The van der Waals surface area contributed by atoms with Crippen molar-refractivity contribution in [2.45, 2.75) is 40.0 Å². The molecular formula is C14H20N2O2. The maximum Gasteiger partial charge on any atom is 0.193 e. The number of carbonyl (C=O) groups excluding carboxylic acids is 2. The van der Waals surface area contributed by atoms with Crippen LogP contribution in [0.4, 0.5) is 0 Å². The van der Waals surface area contributed by atoms with Gasteiger partial charge in [-0.15, -0.1) is 0 Å². The summed E-state index contributed by atoms with van der Waals surface area (Å²) >= 11 is 0. The van der Waals surface area contributed by atoms with Crippen LogP contribution in [-0.4, -0.2) is 21.3 Å². The zero-order valence-electron chi connectivity index (χ0n) is 11.5. The molecule has 4 heteroatoms. The molecule has 1 saturated carbocycles. The third-order valence-electron chi connectivity index (χ3n) is 3.88. The number of carbonyl (C=O) groups is 2. The van der Waals surface area contributed by atoms with Crippen LogP contribution in [0, 0.1) is 18.3 Å². The number of aryl methyl sites for hydroxylation is 2. The van der Waals surface area contributed by atoms with Crippen molar-refractivity contribution >= 4 is 11.6 Å². The number of Topliss-reactive ketones (excluding diaryl/α,β-unsaturated/α-hetero) is 2. The van der Waals surface area contributed by atoms with Gasteiger partial charge in [-0.25, -0.2) is 0 Å². The van der Waals surface area contributed by atoms with Gasteiger partial charge in [0.2, 0.25) is 0 Å². The van der Waals surface area contributed by atoms with E-state index in [0.717, 1.165) is 12.1 Å². The molecule has 1 fully saturated rings. The molecule has 0 spiro atoms. The molecule has 0 aliphatic heterocycles. The summed E-state index contributed by atoms with van der Waals surface area (Å²) in [5.74, 6) is -0.540. The van der Waals surface area contributed by atoms with Crippen LogP contribution < -0.4 is 0 Å². The van der Waals surface area contributed by atoms with E-state index in [-0.39, 0.29) is 17.0 Å². The van der Waals surface area contributed by atoms with Crippen molar-refractivity contribution < 1.29 is 9.59 Å². The Morgan fingerprint density at radius 1 is 1.50 bits per heavy atom. The predicted octanol–water partition coefficient (Wildman–Crippen LogP) is 2.31. The lowest BCUT2D eigenvalue weighted by Crippen LogP contribution is -2.35. The Morgan fingerprint density at radius 2 is 2.17 bits per heavy atom. The predicted molar refractivity (Wildman–Crippen MR) is 68.4 cm³/mol. The van der Waals surface area contributed by atoms with Gasteiger partial charge in [-0.1, -0.05) is 13.8 Å². The smallest absolute Gasteiger partial charge is 0.193 e. The molecule has 0 radical (unpaired) electrons. The van der Waals surface area contributed by atoms with E-state index in [2.05, 4.69) is 18.9 Å². The van der Waals surface area contributed by atoms with Crippen molar-refractivity contribution in [1.82, 2.24) is 9.78 Å². The highest BCUT2D eigenvalue weighted by Crippen LogP contribution is 2.37. The fourth-order valence-electron chi connectivity index (χ4n) is 2.50. The van der Waals surface area contributed by atoms with Gasteiger partial charge in [0, 0.05) is 19.2 Å². The Bertz CT molecular complexity index is 480. The minimum atomic E-state index is -0.497. The van der Waals surface area contributed by atoms with Crippen molar-refractivity contribution in [2.75, 3.05) is 0 Å². The van der Waals surface area contributed by atoms with Gasteiger partial charge in [0.1, 0.15) is 11.5 Å². The molecule has 1 unspecified atom stereocenters. The molecule has 1 aliphatic rings. The van der Waals surface area contributed by atoms with Gasteiger partial charge >= 0.3 is 0 Å². The lowest BCUT2D eigenvalue weighted by atomic mass is 9.70. The minimum absolute atomic E-state index is 0.0675. The third kappa shape index (κ3) is 2.37. The maximum atomic E-state index is 12.4. The summed E-state index contributed by atoms with van der Waals surface area (Å²) < 4.78 is 1.67. The molecule has 1 aromatic rings. The monoisotopic (exact) mass is 248 g/mol. The molecule has 2 rings (SSSR count). The number of nitrogens with zero attached hydrogens (tertiary/aromatic N) is 2. The van der Waals surface area contributed by atoms with Crippen LogP contribution in [0.5, 0.6) is 0 Å². The average Bonchev–Trinajstić information content (AvgIpc) is 2.62. The lowest BCUT2D eigenvalue weighted by Gasteiger charge is -2.33. The molecule has 1 aliphatic carbocycles. The zero-order valence-corrected chi connectivity index (χ0v) is 11.5. The topological polar surface area (TPSA) is 52.0 Å².